The van der Waals surface area contributed by atoms with Gasteiger partial charge in [-0.25, -0.2) is 4.79 Å². The molecule has 0 saturated carbocycles. The average molecular weight is 356 g/mol. The lowest BCUT2D eigenvalue weighted by Gasteiger charge is -2.32. The summed E-state index contributed by atoms with van der Waals surface area (Å²) in [6, 6.07) is 11.1. The lowest BCUT2D eigenvalue weighted by atomic mass is 9.90. The fourth-order valence-electron chi connectivity index (χ4n) is 3.41. The second kappa shape index (κ2) is 8.67. The number of para-hydroxylation sites is 1. The number of nitrogens with zero attached hydrogens (tertiary/aromatic N) is 1. The zero-order valence-electron chi connectivity index (χ0n) is 14.7. The molecule has 26 heavy (non-hydrogen) atoms. The summed E-state index contributed by atoms with van der Waals surface area (Å²) in [7, 11) is 0. The number of nitrogens with one attached hydrogen (secondary N) is 1. The number of aliphatic carboxylic acids is 1. The van der Waals surface area contributed by atoms with Crippen LogP contribution in [-0.4, -0.2) is 40.7 Å². The summed E-state index contributed by atoms with van der Waals surface area (Å²) in [4.78, 5) is 27.0. The Bertz CT molecular complexity index is 774. The lowest BCUT2D eigenvalue weighted by molar-refractivity contribution is -0.139. The van der Waals surface area contributed by atoms with Gasteiger partial charge in [0.2, 0.25) is 5.56 Å². The van der Waals surface area contributed by atoms with Gasteiger partial charge in [-0.2, -0.15) is 0 Å². The van der Waals surface area contributed by atoms with Crippen LogP contribution in [0.3, 0.4) is 0 Å². The number of carboxylic acids is 1. The minimum absolute atomic E-state index is 0.0626. The Morgan fingerprint density at radius 3 is 2.65 bits per heavy atom. The van der Waals surface area contributed by atoms with Crippen molar-refractivity contribution < 1.29 is 14.6 Å². The number of rotatable bonds is 7. The molecule has 2 N–H and O–H groups in total. The molecule has 2 heterocycles. The fraction of sp³-hybridized carbons (Fsp3) is 0.400. The highest BCUT2D eigenvalue weighted by atomic mass is 16.5. The van der Waals surface area contributed by atoms with Crippen LogP contribution in [-0.2, 0) is 17.8 Å². The number of ether oxygens (including phenoxy) is 1. The molecule has 1 aromatic heterocycles. The Morgan fingerprint density at radius 1 is 1.19 bits per heavy atom. The van der Waals surface area contributed by atoms with Crippen LogP contribution >= 0.6 is 0 Å². The van der Waals surface area contributed by atoms with Gasteiger partial charge in [0.25, 0.3) is 0 Å². The minimum atomic E-state index is -0.970. The van der Waals surface area contributed by atoms with Gasteiger partial charge in [0, 0.05) is 24.4 Å². The fourth-order valence-corrected chi connectivity index (χ4v) is 3.41. The van der Waals surface area contributed by atoms with Crippen molar-refractivity contribution in [2.75, 3.05) is 19.7 Å². The molecule has 0 atom stereocenters. The zero-order chi connectivity index (χ0) is 18.4. The minimum Gasteiger partial charge on any atom is -0.482 e. The van der Waals surface area contributed by atoms with E-state index < -0.39 is 5.97 Å². The van der Waals surface area contributed by atoms with E-state index in [-0.39, 0.29) is 12.2 Å². The topological polar surface area (TPSA) is 82.6 Å². The third-order valence-corrected chi connectivity index (χ3v) is 4.80. The number of hydrogen-bond donors (Lipinski definition) is 2. The summed E-state index contributed by atoms with van der Waals surface area (Å²) >= 11 is 0. The molecule has 3 rings (SSSR count). The molecule has 0 aliphatic carbocycles. The molecule has 0 amide bonds. The third kappa shape index (κ3) is 5.20. The number of carbonyl (C=O) groups is 1. The van der Waals surface area contributed by atoms with E-state index in [0.29, 0.717) is 11.7 Å². The molecular formula is C20H24N2O4. The van der Waals surface area contributed by atoms with E-state index in [1.54, 1.807) is 6.07 Å². The molecule has 0 radical (unpaired) electrons. The predicted molar refractivity (Wildman–Crippen MR) is 98.3 cm³/mol. The molecule has 0 unspecified atom stereocenters. The third-order valence-electron chi connectivity index (χ3n) is 4.80. The van der Waals surface area contributed by atoms with Crippen molar-refractivity contribution in [1.82, 2.24) is 9.88 Å². The van der Waals surface area contributed by atoms with Crippen molar-refractivity contribution in [2.24, 2.45) is 5.92 Å². The van der Waals surface area contributed by atoms with E-state index in [1.807, 2.05) is 36.5 Å². The first-order valence-corrected chi connectivity index (χ1v) is 8.92. The van der Waals surface area contributed by atoms with Crippen LogP contribution in [0.1, 0.15) is 24.0 Å². The van der Waals surface area contributed by atoms with Crippen molar-refractivity contribution in [3.8, 4) is 5.75 Å². The van der Waals surface area contributed by atoms with Crippen molar-refractivity contribution in [3.05, 3.63) is 64.1 Å². The van der Waals surface area contributed by atoms with Crippen LogP contribution in [0.15, 0.2) is 47.4 Å². The number of piperidine rings is 1. The molecule has 1 aliphatic rings. The SMILES string of the molecule is O=C(O)COc1ccccc1CN1CCC(Cc2ccc(=O)[nH]c2)CC1. The quantitative estimate of drug-likeness (QED) is 0.795. The van der Waals surface area contributed by atoms with Crippen molar-refractivity contribution in [2.45, 2.75) is 25.8 Å². The molecule has 6 heteroatoms. The number of likely N-dealkylation sites (tertiary alicyclic amines) is 1. The van der Waals surface area contributed by atoms with E-state index >= 15 is 0 Å². The van der Waals surface area contributed by atoms with Crippen molar-refractivity contribution in [1.29, 1.82) is 0 Å². The number of benzene rings is 1. The first-order chi connectivity index (χ1) is 12.6. The maximum Gasteiger partial charge on any atom is 0.341 e. The maximum absolute atomic E-state index is 11.1. The predicted octanol–water partition coefficient (Wildman–Crippen LogP) is 2.29. The van der Waals surface area contributed by atoms with Gasteiger partial charge in [0.05, 0.1) is 0 Å². The lowest BCUT2D eigenvalue weighted by Crippen LogP contribution is -2.34. The molecule has 1 fully saturated rings. The summed E-state index contributed by atoms with van der Waals surface area (Å²) in [5.74, 6) is 0.295. The molecule has 1 aromatic carbocycles. The normalized spacial score (nSPS) is 15.7. The highest BCUT2D eigenvalue weighted by Crippen LogP contribution is 2.25. The number of H-pyrrole nitrogens is 1. The largest absolute Gasteiger partial charge is 0.482 e. The molecule has 2 aromatic rings. The van der Waals surface area contributed by atoms with E-state index in [2.05, 4.69) is 9.88 Å². The van der Waals surface area contributed by atoms with E-state index in [0.717, 1.165) is 44.5 Å². The van der Waals surface area contributed by atoms with Gasteiger partial charge in [0.15, 0.2) is 6.61 Å². The number of carboxylic acid groups (broad SMARTS) is 1. The highest BCUT2D eigenvalue weighted by molar-refractivity contribution is 5.68. The second-order valence-electron chi connectivity index (χ2n) is 6.77. The number of hydrogen-bond acceptors (Lipinski definition) is 4. The Labute approximate surface area is 152 Å². The van der Waals surface area contributed by atoms with Crippen molar-refractivity contribution in [3.63, 3.8) is 0 Å². The number of aromatic nitrogens is 1. The summed E-state index contributed by atoms with van der Waals surface area (Å²) in [6.45, 7) is 2.45. The van der Waals surface area contributed by atoms with E-state index in [4.69, 9.17) is 9.84 Å². The van der Waals surface area contributed by atoms with Gasteiger partial charge >= 0.3 is 5.97 Å². The van der Waals surface area contributed by atoms with Crippen molar-refractivity contribution >= 4 is 5.97 Å². The second-order valence-corrected chi connectivity index (χ2v) is 6.77. The van der Waals surface area contributed by atoms with Gasteiger partial charge in [0.1, 0.15) is 5.75 Å². The Balaban J connectivity index is 1.52. The van der Waals surface area contributed by atoms with Gasteiger partial charge < -0.3 is 14.8 Å². The van der Waals surface area contributed by atoms with Gasteiger partial charge in [-0.3, -0.25) is 9.69 Å². The molecular weight excluding hydrogens is 332 g/mol. The first kappa shape index (κ1) is 18.2. The first-order valence-electron chi connectivity index (χ1n) is 8.92. The van der Waals surface area contributed by atoms with E-state index in [1.165, 1.54) is 5.56 Å². The molecule has 1 saturated heterocycles. The Hall–Kier alpha value is -2.60. The van der Waals surface area contributed by atoms with Gasteiger partial charge in [-0.1, -0.05) is 24.3 Å². The summed E-state index contributed by atoms with van der Waals surface area (Å²) in [5.41, 5.74) is 2.13. The number of aromatic amines is 1. The Morgan fingerprint density at radius 2 is 1.96 bits per heavy atom. The molecule has 0 spiro atoms. The monoisotopic (exact) mass is 356 g/mol. The summed E-state index contributed by atoms with van der Waals surface area (Å²) in [6.07, 6.45) is 5.02. The molecule has 138 valence electrons. The van der Waals surface area contributed by atoms with Gasteiger partial charge in [-0.15, -0.1) is 0 Å². The highest BCUT2D eigenvalue weighted by Gasteiger charge is 2.20. The standard InChI is InChI=1S/C20H24N2O4/c23-19-6-5-16(12-21-19)11-15-7-9-22(10-8-15)13-17-3-1-2-4-18(17)26-14-20(24)25/h1-6,12,15H,7-11,13-14H2,(H,21,23)(H,24,25). The van der Waals surface area contributed by atoms with Crippen LogP contribution in [0.4, 0.5) is 0 Å². The Kier molecular flexibility index (Phi) is 6.07. The number of pyridine rings is 1. The maximum atomic E-state index is 11.1. The van der Waals surface area contributed by atoms with Crippen LogP contribution in [0.5, 0.6) is 5.75 Å². The smallest absolute Gasteiger partial charge is 0.341 e. The van der Waals surface area contributed by atoms with Crippen LogP contribution in [0.2, 0.25) is 0 Å². The average Bonchev–Trinajstić information content (AvgIpc) is 2.64. The van der Waals surface area contributed by atoms with Crippen LogP contribution in [0, 0.1) is 5.92 Å². The molecule has 1 aliphatic heterocycles. The van der Waals surface area contributed by atoms with Crippen LogP contribution < -0.4 is 10.3 Å². The summed E-state index contributed by atoms with van der Waals surface area (Å²) in [5, 5.41) is 8.80. The van der Waals surface area contributed by atoms with Gasteiger partial charge in [-0.05, 0) is 49.9 Å². The molecule has 0 bridgehead atoms. The van der Waals surface area contributed by atoms with E-state index in [9.17, 15) is 9.59 Å². The zero-order valence-corrected chi connectivity index (χ0v) is 14.7. The van der Waals surface area contributed by atoms with Crippen LogP contribution in [0.25, 0.3) is 0 Å². The molecule has 6 nitrogen and oxygen atoms in total. The summed E-state index contributed by atoms with van der Waals surface area (Å²) < 4.78 is 5.39.